The van der Waals surface area contributed by atoms with Crippen molar-refractivity contribution in [2.24, 2.45) is 0 Å². The van der Waals surface area contributed by atoms with E-state index < -0.39 is 0 Å². The lowest BCUT2D eigenvalue weighted by atomic mass is 9.99. The molecule has 1 N–H and O–H groups in total. The molecular formula is C17H19BrClNO. The third-order valence-electron chi connectivity index (χ3n) is 3.13. The minimum absolute atomic E-state index is 0.0919. The summed E-state index contributed by atoms with van der Waals surface area (Å²) < 4.78 is 6.67. The van der Waals surface area contributed by atoms with Crippen LogP contribution >= 0.6 is 27.5 Å². The predicted octanol–water partition coefficient (Wildman–Crippen LogP) is 5.20. The van der Waals surface area contributed by atoms with Crippen molar-refractivity contribution < 1.29 is 4.74 Å². The third kappa shape index (κ3) is 4.22. The van der Waals surface area contributed by atoms with Gasteiger partial charge in [0.05, 0.1) is 17.2 Å². The van der Waals surface area contributed by atoms with Gasteiger partial charge in [0.25, 0.3) is 0 Å². The van der Waals surface area contributed by atoms with E-state index in [9.17, 15) is 0 Å². The van der Waals surface area contributed by atoms with E-state index in [0.717, 1.165) is 21.3 Å². The van der Waals surface area contributed by atoms with Crippen molar-refractivity contribution >= 4 is 27.5 Å². The first-order valence-corrected chi connectivity index (χ1v) is 8.07. The molecule has 0 aliphatic heterocycles. The van der Waals surface area contributed by atoms with Crippen LogP contribution < -0.4 is 10.1 Å². The molecule has 2 nitrogen and oxygen atoms in total. The van der Waals surface area contributed by atoms with Crippen LogP contribution in [0.4, 0.5) is 0 Å². The zero-order chi connectivity index (χ0) is 15.4. The van der Waals surface area contributed by atoms with E-state index in [0.29, 0.717) is 5.02 Å². The molecule has 0 heterocycles. The number of halogens is 2. The first-order valence-electron chi connectivity index (χ1n) is 6.90. The lowest BCUT2D eigenvalue weighted by Crippen LogP contribution is -2.18. The molecule has 1 atom stereocenters. The molecule has 4 heteroatoms. The van der Waals surface area contributed by atoms with Gasteiger partial charge in [0.15, 0.2) is 0 Å². The second kappa shape index (κ2) is 7.30. The van der Waals surface area contributed by atoms with Gasteiger partial charge in [-0.1, -0.05) is 29.8 Å². The van der Waals surface area contributed by atoms with Gasteiger partial charge < -0.3 is 10.1 Å². The van der Waals surface area contributed by atoms with Crippen molar-refractivity contribution in [2.75, 3.05) is 7.05 Å². The van der Waals surface area contributed by atoms with Gasteiger partial charge in [-0.05, 0) is 72.2 Å². The van der Waals surface area contributed by atoms with Crippen LogP contribution in [0.2, 0.25) is 5.02 Å². The molecule has 0 fully saturated rings. The van der Waals surface area contributed by atoms with Crippen LogP contribution in [0.3, 0.4) is 0 Å². The zero-order valence-corrected chi connectivity index (χ0v) is 14.7. The zero-order valence-electron chi connectivity index (χ0n) is 12.4. The van der Waals surface area contributed by atoms with Gasteiger partial charge in [0.1, 0.15) is 5.75 Å². The second-order valence-electron chi connectivity index (χ2n) is 5.13. The molecule has 0 bridgehead atoms. The Balaban J connectivity index is 2.34. The molecule has 0 aromatic heterocycles. The standard InChI is InChI=1S/C17H19BrClNO/c1-11(2)21-14-6-4-5-12(9-14)17(20-3)13-7-8-16(19)15(18)10-13/h4-11,17,20H,1-3H3. The summed E-state index contributed by atoms with van der Waals surface area (Å²) in [4.78, 5) is 0. The fourth-order valence-electron chi connectivity index (χ4n) is 2.26. The minimum atomic E-state index is 0.0919. The van der Waals surface area contributed by atoms with Gasteiger partial charge in [0.2, 0.25) is 0 Å². The summed E-state index contributed by atoms with van der Waals surface area (Å²) in [6, 6.07) is 14.2. The number of hydrogen-bond donors (Lipinski definition) is 1. The number of rotatable bonds is 5. The smallest absolute Gasteiger partial charge is 0.120 e. The summed E-state index contributed by atoms with van der Waals surface area (Å²) >= 11 is 9.55. The van der Waals surface area contributed by atoms with Crippen molar-refractivity contribution in [1.82, 2.24) is 5.32 Å². The molecule has 0 radical (unpaired) electrons. The van der Waals surface area contributed by atoms with Gasteiger partial charge >= 0.3 is 0 Å². The van der Waals surface area contributed by atoms with Crippen LogP contribution in [0.15, 0.2) is 46.9 Å². The maximum atomic E-state index is 6.07. The Morgan fingerprint density at radius 1 is 1.10 bits per heavy atom. The van der Waals surface area contributed by atoms with E-state index in [2.05, 4.69) is 33.4 Å². The predicted molar refractivity (Wildman–Crippen MR) is 92.3 cm³/mol. The topological polar surface area (TPSA) is 21.3 Å². The van der Waals surface area contributed by atoms with E-state index in [1.807, 2.05) is 51.2 Å². The van der Waals surface area contributed by atoms with Crippen molar-refractivity contribution in [3.8, 4) is 5.75 Å². The van der Waals surface area contributed by atoms with E-state index in [4.69, 9.17) is 16.3 Å². The summed E-state index contributed by atoms with van der Waals surface area (Å²) in [5.41, 5.74) is 2.31. The third-order valence-corrected chi connectivity index (χ3v) is 4.34. The average Bonchev–Trinajstić information content (AvgIpc) is 2.43. The first-order chi connectivity index (χ1) is 10.0. The van der Waals surface area contributed by atoms with Crippen LogP contribution in [-0.2, 0) is 0 Å². The number of nitrogens with one attached hydrogen (secondary N) is 1. The highest BCUT2D eigenvalue weighted by Gasteiger charge is 2.14. The Morgan fingerprint density at radius 2 is 1.81 bits per heavy atom. The van der Waals surface area contributed by atoms with Crippen LogP contribution in [0.1, 0.15) is 31.0 Å². The van der Waals surface area contributed by atoms with Crippen molar-refractivity contribution in [3.05, 3.63) is 63.1 Å². The molecule has 2 rings (SSSR count). The highest BCUT2D eigenvalue weighted by molar-refractivity contribution is 9.10. The second-order valence-corrected chi connectivity index (χ2v) is 6.40. The molecule has 0 spiro atoms. The summed E-state index contributed by atoms with van der Waals surface area (Å²) in [5, 5.41) is 4.06. The number of ether oxygens (including phenoxy) is 1. The molecule has 0 aliphatic carbocycles. The lowest BCUT2D eigenvalue weighted by Gasteiger charge is -2.19. The first kappa shape index (κ1) is 16.3. The largest absolute Gasteiger partial charge is 0.491 e. The minimum Gasteiger partial charge on any atom is -0.491 e. The van der Waals surface area contributed by atoms with Crippen LogP contribution in [0, 0.1) is 0 Å². The highest BCUT2D eigenvalue weighted by Crippen LogP contribution is 2.30. The molecule has 1 unspecified atom stereocenters. The lowest BCUT2D eigenvalue weighted by molar-refractivity contribution is 0.242. The maximum absolute atomic E-state index is 6.07. The van der Waals surface area contributed by atoms with Crippen molar-refractivity contribution in [3.63, 3.8) is 0 Å². The number of hydrogen-bond acceptors (Lipinski definition) is 2. The van der Waals surface area contributed by atoms with Gasteiger partial charge in [-0.15, -0.1) is 0 Å². The van der Waals surface area contributed by atoms with Gasteiger partial charge in [-0.2, -0.15) is 0 Å². The maximum Gasteiger partial charge on any atom is 0.120 e. The van der Waals surface area contributed by atoms with Crippen LogP contribution in [-0.4, -0.2) is 13.2 Å². The molecule has 2 aromatic carbocycles. The Bertz CT molecular complexity index is 615. The summed E-state index contributed by atoms with van der Waals surface area (Å²) in [6.45, 7) is 4.05. The van der Waals surface area contributed by atoms with E-state index in [1.165, 1.54) is 0 Å². The molecule has 0 saturated carbocycles. The van der Waals surface area contributed by atoms with E-state index in [1.54, 1.807) is 0 Å². The fourth-order valence-corrected chi connectivity index (χ4v) is 2.77. The SMILES string of the molecule is CNC(c1cccc(OC(C)C)c1)c1ccc(Cl)c(Br)c1. The molecule has 21 heavy (non-hydrogen) atoms. The van der Waals surface area contributed by atoms with E-state index in [-0.39, 0.29) is 12.1 Å². The number of benzene rings is 2. The van der Waals surface area contributed by atoms with Gasteiger partial charge in [-0.3, -0.25) is 0 Å². The molecular weight excluding hydrogens is 350 g/mol. The van der Waals surface area contributed by atoms with Gasteiger partial charge in [-0.25, -0.2) is 0 Å². The molecule has 0 saturated heterocycles. The summed E-state index contributed by atoms with van der Waals surface area (Å²) in [7, 11) is 1.95. The Morgan fingerprint density at radius 3 is 2.43 bits per heavy atom. The molecule has 2 aromatic rings. The summed E-state index contributed by atoms with van der Waals surface area (Å²) in [6.07, 6.45) is 0.165. The van der Waals surface area contributed by atoms with Gasteiger partial charge in [0, 0.05) is 4.47 Å². The fraction of sp³-hybridized carbons (Fsp3) is 0.294. The normalized spacial score (nSPS) is 12.5. The summed E-state index contributed by atoms with van der Waals surface area (Å²) in [5.74, 6) is 0.885. The van der Waals surface area contributed by atoms with Crippen LogP contribution in [0.5, 0.6) is 5.75 Å². The van der Waals surface area contributed by atoms with Crippen LogP contribution in [0.25, 0.3) is 0 Å². The average molecular weight is 369 g/mol. The monoisotopic (exact) mass is 367 g/mol. The van der Waals surface area contributed by atoms with Crippen molar-refractivity contribution in [1.29, 1.82) is 0 Å². The quantitative estimate of drug-likeness (QED) is 0.783. The molecule has 112 valence electrons. The van der Waals surface area contributed by atoms with Crippen molar-refractivity contribution in [2.45, 2.75) is 26.0 Å². The van der Waals surface area contributed by atoms with E-state index >= 15 is 0 Å². The molecule has 0 amide bonds. The Hall–Kier alpha value is -1.03. The highest BCUT2D eigenvalue weighted by atomic mass is 79.9. The molecule has 0 aliphatic rings. The Labute approximate surface area is 139 Å². The Kier molecular flexibility index (Phi) is 5.68.